The third kappa shape index (κ3) is 1.84. The van der Waals surface area contributed by atoms with Crippen molar-refractivity contribution in [3.63, 3.8) is 0 Å². The van der Waals surface area contributed by atoms with Crippen LogP contribution in [0.2, 0.25) is 5.15 Å². The Kier molecular flexibility index (Phi) is 2.96. The van der Waals surface area contributed by atoms with Crippen molar-refractivity contribution in [2.75, 3.05) is 0 Å². The molecule has 0 bridgehead atoms. The van der Waals surface area contributed by atoms with E-state index < -0.39 is 0 Å². The fourth-order valence-electron chi connectivity index (χ4n) is 0.541. The van der Waals surface area contributed by atoms with Crippen molar-refractivity contribution in [1.82, 2.24) is 4.98 Å². The van der Waals surface area contributed by atoms with Crippen LogP contribution in [-0.4, -0.2) is 4.98 Å². The Bertz CT molecular complexity index is 239. The van der Waals surface area contributed by atoms with Gasteiger partial charge in [-0.25, -0.2) is 4.98 Å². The summed E-state index contributed by atoms with van der Waals surface area (Å²) >= 11 is 14.4. The van der Waals surface area contributed by atoms with Crippen LogP contribution >= 0.6 is 39.1 Å². The number of pyridine rings is 1. The number of rotatable bonds is 1. The second-order valence-corrected chi connectivity index (χ2v) is 3.12. The van der Waals surface area contributed by atoms with E-state index in [9.17, 15) is 0 Å². The normalized spacial score (nSPS) is 9.90. The van der Waals surface area contributed by atoms with E-state index in [1.54, 1.807) is 6.07 Å². The van der Waals surface area contributed by atoms with E-state index in [-0.39, 0.29) is 0 Å². The molecule has 0 N–H and O–H groups in total. The zero-order chi connectivity index (χ0) is 7.56. The summed E-state index contributed by atoms with van der Waals surface area (Å²) in [5.41, 5.74) is 0.950. The molecule has 0 fully saturated rings. The van der Waals surface area contributed by atoms with Gasteiger partial charge in [0.1, 0.15) is 9.76 Å². The van der Waals surface area contributed by atoms with E-state index in [1.807, 2.05) is 6.07 Å². The molecule has 0 amide bonds. The van der Waals surface area contributed by atoms with E-state index >= 15 is 0 Å². The standard InChI is InChI=1S/C6H4BrCl2N/c7-6-4(3-8)1-2-5(9)10-6/h1-2H,3H2. The Labute approximate surface area is 77.5 Å². The quantitative estimate of drug-likeness (QED) is 0.543. The Balaban J connectivity index is 3.07. The van der Waals surface area contributed by atoms with Crippen molar-refractivity contribution in [3.05, 3.63) is 27.5 Å². The first-order valence-corrected chi connectivity index (χ1v) is 4.31. The summed E-state index contributed by atoms with van der Waals surface area (Å²) in [4.78, 5) is 3.94. The van der Waals surface area contributed by atoms with Crippen LogP contribution in [0.15, 0.2) is 16.7 Å². The van der Waals surface area contributed by atoms with Crippen LogP contribution in [-0.2, 0) is 5.88 Å². The minimum Gasteiger partial charge on any atom is -0.229 e. The van der Waals surface area contributed by atoms with Crippen LogP contribution in [0.1, 0.15) is 5.56 Å². The van der Waals surface area contributed by atoms with Gasteiger partial charge in [-0.05, 0) is 27.6 Å². The highest BCUT2D eigenvalue weighted by molar-refractivity contribution is 9.10. The highest BCUT2D eigenvalue weighted by Crippen LogP contribution is 2.18. The summed E-state index contributed by atoms with van der Waals surface area (Å²) in [7, 11) is 0. The van der Waals surface area contributed by atoms with E-state index in [4.69, 9.17) is 23.2 Å². The first kappa shape index (κ1) is 8.31. The molecule has 0 radical (unpaired) electrons. The van der Waals surface area contributed by atoms with E-state index in [0.29, 0.717) is 11.0 Å². The van der Waals surface area contributed by atoms with E-state index in [1.165, 1.54) is 0 Å². The van der Waals surface area contributed by atoms with Gasteiger partial charge in [0.2, 0.25) is 0 Å². The summed E-state index contributed by atoms with van der Waals surface area (Å²) in [6, 6.07) is 3.55. The number of alkyl halides is 1. The smallest absolute Gasteiger partial charge is 0.130 e. The molecule has 0 aliphatic carbocycles. The second kappa shape index (κ2) is 3.56. The minimum atomic E-state index is 0.449. The second-order valence-electron chi connectivity index (χ2n) is 1.72. The lowest BCUT2D eigenvalue weighted by atomic mass is 10.3. The maximum atomic E-state index is 5.59. The fourth-order valence-corrected chi connectivity index (χ4v) is 1.63. The highest BCUT2D eigenvalue weighted by atomic mass is 79.9. The Morgan fingerprint density at radius 1 is 1.50 bits per heavy atom. The molecule has 10 heavy (non-hydrogen) atoms. The average Bonchev–Trinajstić information content (AvgIpc) is 1.88. The topological polar surface area (TPSA) is 12.9 Å². The maximum Gasteiger partial charge on any atom is 0.130 e. The molecule has 0 saturated carbocycles. The largest absolute Gasteiger partial charge is 0.229 e. The van der Waals surface area contributed by atoms with Crippen molar-refractivity contribution in [2.24, 2.45) is 0 Å². The predicted molar refractivity (Wildman–Crippen MR) is 46.5 cm³/mol. The molecule has 0 aromatic carbocycles. The fraction of sp³-hybridized carbons (Fsp3) is 0.167. The number of halogens is 3. The van der Waals surface area contributed by atoms with Crippen molar-refractivity contribution in [3.8, 4) is 0 Å². The van der Waals surface area contributed by atoms with Crippen molar-refractivity contribution < 1.29 is 0 Å². The number of nitrogens with zero attached hydrogens (tertiary/aromatic N) is 1. The first-order valence-electron chi connectivity index (χ1n) is 2.61. The minimum absolute atomic E-state index is 0.449. The van der Waals surface area contributed by atoms with Crippen LogP contribution in [0, 0.1) is 0 Å². The van der Waals surface area contributed by atoms with Gasteiger partial charge in [0.15, 0.2) is 0 Å². The van der Waals surface area contributed by atoms with Crippen LogP contribution < -0.4 is 0 Å². The molecule has 0 atom stereocenters. The summed E-state index contributed by atoms with van der Waals surface area (Å²) in [6.07, 6.45) is 0. The summed E-state index contributed by atoms with van der Waals surface area (Å²) in [5, 5.41) is 0.473. The first-order chi connectivity index (χ1) is 4.74. The third-order valence-corrected chi connectivity index (χ3v) is 2.22. The summed E-state index contributed by atoms with van der Waals surface area (Å²) in [5.74, 6) is 0.449. The number of hydrogen-bond acceptors (Lipinski definition) is 1. The van der Waals surface area contributed by atoms with Gasteiger partial charge in [0.05, 0.1) is 5.88 Å². The molecule has 0 saturated heterocycles. The Morgan fingerprint density at radius 2 is 2.20 bits per heavy atom. The summed E-state index contributed by atoms with van der Waals surface area (Å²) in [6.45, 7) is 0. The molecule has 0 aliphatic heterocycles. The van der Waals surface area contributed by atoms with Gasteiger partial charge in [0, 0.05) is 0 Å². The van der Waals surface area contributed by atoms with Crippen LogP contribution in [0.5, 0.6) is 0 Å². The van der Waals surface area contributed by atoms with Crippen LogP contribution in [0.25, 0.3) is 0 Å². The van der Waals surface area contributed by atoms with Gasteiger partial charge in [-0.3, -0.25) is 0 Å². The van der Waals surface area contributed by atoms with Crippen LogP contribution in [0.4, 0.5) is 0 Å². The Hall–Kier alpha value is 0.210. The molecule has 4 heteroatoms. The molecular weight excluding hydrogens is 237 g/mol. The SMILES string of the molecule is ClCc1ccc(Cl)nc1Br. The van der Waals surface area contributed by atoms with Gasteiger partial charge in [-0.1, -0.05) is 17.7 Å². The Morgan fingerprint density at radius 3 is 2.70 bits per heavy atom. The van der Waals surface area contributed by atoms with Crippen molar-refractivity contribution >= 4 is 39.1 Å². The third-order valence-electron chi connectivity index (χ3n) is 1.04. The van der Waals surface area contributed by atoms with Gasteiger partial charge < -0.3 is 0 Å². The predicted octanol–water partition coefficient (Wildman–Crippen LogP) is 3.24. The molecule has 1 rings (SSSR count). The monoisotopic (exact) mass is 239 g/mol. The molecular formula is C6H4BrCl2N. The van der Waals surface area contributed by atoms with Gasteiger partial charge >= 0.3 is 0 Å². The molecule has 0 aliphatic rings. The van der Waals surface area contributed by atoms with Crippen molar-refractivity contribution in [1.29, 1.82) is 0 Å². The number of hydrogen-bond donors (Lipinski definition) is 0. The number of aromatic nitrogens is 1. The molecule has 54 valence electrons. The maximum absolute atomic E-state index is 5.59. The van der Waals surface area contributed by atoms with Gasteiger partial charge in [-0.2, -0.15) is 0 Å². The van der Waals surface area contributed by atoms with E-state index in [2.05, 4.69) is 20.9 Å². The van der Waals surface area contributed by atoms with Crippen LogP contribution in [0.3, 0.4) is 0 Å². The lowest BCUT2D eigenvalue weighted by molar-refractivity contribution is 1.20. The van der Waals surface area contributed by atoms with Crippen molar-refractivity contribution in [2.45, 2.75) is 5.88 Å². The zero-order valence-corrected chi connectivity index (χ0v) is 8.04. The molecule has 1 heterocycles. The average molecular weight is 241 g/mol. The van der Waals surface area contributed by atoms with Gasteiger partial charge in [0.25, 0.3) is 0 Å². The molecule has 0 spiro atoms. The lowest BCUT2D eigenvalue weighted by Crippen LogP contribution is -1.84. The zero-order valence-electron chi connectivity index (χ0n) is 4.94. The molecule has 1 nitrogen and oxygen atoms in total. The molecule has 0 unspecified atom stereocenters. The molecule has 1 aromatic heterocycles. The molecule has 1 aromatic rings. The lowest BCUT2D eigenvalue weighted by Gasteiger charge is -1.97. The summed E-state index contributed by atoms with van der Waals surface area (Å²) < 4.78 is 0.718. The van der Waals surface area contributed by atoms with E-state index in [0.717, 1.165) is 10.2 Å². The highest BCUT2D eigenvalue weighted by Gasteiger charge is 1.98. The van der Waals surface area contributed by atoms with Gasteiger partial charge in [-0.15, -0.1) is 11.6 Å².